The quantitative estimate of drug-likeness (QED) is 0.546. The van der Waals surface area contributed by atoms with Gasteiger partial charge in [0.1, 0.15) is 18.3 Å². The smallest absolute Gasteiger partial charge is 0.244 e. The van der Waals surface area contributed by atoms with Crippen LogP contribution in [0.15, 0.2) is 48.5 Å². The predicted molar refractivity (Wildman–Crippen MR) is 130 cm³/mol. The van der Waals surface area contributed by atoms with E-state index in [1.54, 1.807) is 56.5 Å². The maximum atomic E-state index is 13.4. The normalized spacial score (nSPS) is 12.2. The van der Waals surface area contributed by atoms with Gasteiger partial charge in [0, 0.05) is 12.6 Å². The second-order valence-electron chi connectivity index (χ2n) is 7.93. The Balaban J connectivity index is 2.39. The third-order valence-electron chi connectivity index (χ3n) is 4.91. The van der Waals surface area contributed by atoms with Crippen LogP contribution < -0.4 is 14.4 Å². The molecule has 0 aliphatic rings. The van der Waals surface area contributed by atoms with E-state index in [0.29, 0.717) is 5.75 Å². The standard InChI is InChI=1S/C23H30ClN3O5S/c1-16(2)25-23(29)17(3)26(14-18-10-12-19(32-4)13-11-18)22(28)15-27(33(5,30)31)21-9-7-6-8-20(21)24/h6-13,16-17H,14-15H2,1-5H3,(H,25,29)/t17-/m1/s1. The van der Waals surface area contributed by atoms with Gasteiger partial charge in [0.05, 0.1) is 24.1 Å². The minimum atomic E-state index is -3.83. The molecule has 33 heavy (non-hydrogen) atoms. The molecule has 0 aliphatic heterocycles. The first-order valence-electron chi connectivity index (χ1n) is 10.4. The Kier molecular flexibility index (Phi) is 9.13. The summed E-state index contributed by atoms with van der Waals surface area (Å²) in [6.45, 7) is 4.86. The Bertz CT molecular complexity index is 1070. The van der Waals surface area contributed by atoms with Gasteiger partial charge in [0.15, 0.2) is 0 Å². The highest BCUT2D eigenvalue weighted by molar-refractivity contribution is 7.92. The maximum Gasteiger partial charge on any atom is 0.244 e. The molecule has 8 nitrogen and oxygen atoms in total. The van der Waals surface area contributed by atoms with Gasteiger partial charge in [0.25, 0.3) is 0 Å². The summed E-state index contributed by atoms with van der Waals surface area (Å²) in [5, 5.41) is 3.00. The molecule has 0 saturated carbocycles. The highest BCUT2D eigenvalue weighted by atomic mass is 35.5. The van der Waals surface area contributed by atoms with Crippen LogP contribution in [-0.2, 0) is 26.2 Å². The molecule has 0 spiro atoms. The average Bonchev–Trinajstić information content (AvgIpc) is 2.75. The number of ether oxygens (including phenoxy) is 1. The first kappa shape index (κ1) is 26.5. The third-order valence-corrected chi connectivity index (χ3v) is 6.36. The molecule has 0 saturated heterocycles. The average molecular weight is 496 g/mol. The Labute approximate surface area is 200 Å². The molecular weight excluding hydrogens is 466 g/mol. The van der Waals surface area contributed by atoms with Crippen molar-refractivity contribution in [1.29, 1.82) is 0 Å². The number of halogens is 1. The van der Waals surface area contributed by atoms with Gasteiger partial charge >= 0.3 is 0 Å². The van der Waals surface area contributed by atoms with Gasteiger partial charge in [-0.25, -0.2) is 8.42 Å². The zero-order chi connectivity index (χ0) is 24.8. The van der Waals surface area contributed by atoms with E-state index in [1.165, 1.54) is 11.0 Å². The molecule has 0 fully saturated rings. The zero-order valence-corrected chi connectivity index (χ0v) is 21.0. The van der Waals surface area contributed by atoms with E-state index in [0.717, 1.165) is 16.1 Å². The van der Waals surface area contributed by atoms with E-state index in [9.17, 15) is 18.0 Å². The Morgan fingerprint density at radius 3 is 2.18 bits per heavy atom. The molecular formula is C23H30ClN3O5S. The van der Waals surface area contributed by atoms with E-state index < -0.39 is 28.5 Å². The number of carbonyl (C=O) groups excluding carboxylic acids is 2. The number of rotatable bonds is 10. The fourth-order valence-electron chi connectivity index (χ4n) is 3.16. The molecule has 0 radical (unpaired) electrons. The molecule has 2 aromatic rings. The SMILES string of the molecule is COc1ccc(CN(C(=O)CN(c2ccccc2Cl)S(C)(=O)=O)[C@H](C)C(=O)NC(C)C)cc1. The van der Waals surface area contributed by atoms with Gasteiger partial charge in [0.2, 0.25) is 21.8 Å². The van der Waals surface area contributed by atoms with Crippen LogP contribution in [0, 0.1) is 0 Å². The summed E-state index contributed by atoms with van der Waals surface area (Å²) >= 11 is 6.21. The second kappa shape index (κ2) is 11.4. The van der Waals surface area contributed by atoms with Crippen molar-refractivity contribution in [3.05, 3.63) is 59.1 Å². The number of hydrogen-bond donors (Lipinski definition) is 1. The molecule has 2 rings (SSSR count). The lowest BCUT2D eigenvalue weighted by Gasteiger charge is -2.32. The molecule has 0 unspecified atom stereocenters. The van der Waals surface area contributed by atoms with Gasteiger partial charge in [-0.05, 0) is 50.6 Å². The summed E-state index contributed by atoms with van der Waals surface area (Å²) in [5.74, 6) is -0.220. The summed E-state index contributed by atoms with van der Waals surface area (Å²) in [5.41, 5.74) is 0.954. The van der Waals surface area contributed by atoms with Crippen LogP contribution in [0.2, 0.25) is 5.02 Å². The van der Waals surface area contributed by atoms with Crippen molar-refractivity contribution >= 4 is 39.1 Å². The molecule has 2 aromatic carbocycles. The Morgan fingerprint density at radius 1 is 1.06 bits per heavy atom. The first-order valence-corrected chi connectivity index (χ1v) is 12.6. The second-order valence-corrected chi connectivity index (χ2v) is 10.2. The van der Waals surface area contributed by atoms with Gasteiger partial charge < -0.3 is 15.0 Å². The maximum absolute atomic E-state index is 13.4. The van der Waals surface area contributed by atoms with Crippen LogP contribution in [0.5, 0.6) is 5.75 Å². The summed E-state index contributed by atoms with van der Waals surface area (Å²) in [7, 11) is -2.28. The number of carbonyl (C=O) groups is 2. The number of sulfonamides is 1. The minimum Gasteiger partial charge on any atom is -0.497 e. The monoisotopic (exact) mass is 495 g/mol. The highest BCUT2D eigenvalue weighted by Gasteiger charge is 2.30. The highest BCUT2D eigenvalue weighted by Crippen LogP contribution is 2.27. The molecule has 180 valence electrons. The van der Waals surface area contributed by atoms with Crippen molar-refractivity contribution in [3.8, 4) is 5.75 Å². The number of para-hydroxylation sites is 1. The lowest BCUT2D eigenvalue weighted by molar-refractivity contribution is -0.139. The van der Waals surface area contributed by atoms with Crippen molar-refractivity contribution < 1.29 is 22.7 Å². The van der Waals surface area contributed by atoms with Crippen LogP contribution in [-0.4, -0.2) is 57.1 Å². The van der Waals surface area contributed by atoms with Gasteiger partial charge in [-0.1, -0.05) is 35.9 Å². The first-order chi connectivity index (χ1) is 15.4. The van der Waals surface area contributed by atoms with Crippen LogP contribution in [0.25, 0.3) is 0 Å². The number of benzene rings is 2. The van der Waals surface area contributed by atoms with Gasteiger partial charge in [-0.2, -0.15) is 0 Å². The van der Waals surface area contributed by atoms with Crippen molar-refractivity contribution in [2.45, 2.75) is 39.4 Å². The van der Waals surface area contributed by atoms with E-state index in [2.05, 4.69) is 5.32 Å². The summed E-state index contributed by atoms with van der Waals surface area (Å²) < 4.78 is 31.2. The Hall–Kier alpha value is -2.78. The van der Waals surface area contributed by atoms with E-state index in [1.807, 2.05) is 13.8 Å². The molecule has 2 amide bonds. The van der Waals surface area contributed by atoms with Crippen LogP contribution in [0.3, 0.4) is 0 Å². The molecule has 0 aliphatic carbocycles. The Morgan fingerprint density at radius 2 is 1.67 bits per heavy atom. The number of hydrogen-bond acceptors (Lipinski definition) is 5. The molecule has 0 heterocycles. The molecule has 1 N–H and O–H groups in total. The topological polar surface area (TPSA) is 96.0 Å². The molecule has 0 bridgehead atoms. The molecule has 0 aromatic heterocycles. The van der Waals surface area contributed by atoms with Crippen molar-refractivity contribution in [3.63, 3.8) is 0 Å². The van der Waals surface area contributed by atoms with Crippen LogP contribution in [0.1, 0.15) is 26.3 Å². The van der Waals surface area contributed by atoms with Gasteiger partial charge in [-0.15, -0.1) is 0 Å². The lowest BCUT2D eigenvalue weighted by Crippen LogP contribution is -2.52. The molecule has 10 heteroatoms. The summed E-state index contributed by atoms with van der Waals surface area (Å²) in [4.78, 5) is 27.5. The molecule has 1 atom stereocenters. The van der Waals surface area contributed by atoms with Gasteiger partial charge in [-0.3, -0.25) is 13.9 Å². The zero-order valence-electron chi connectivity index (χ0n) is 19.4. The summed E-state index contributed by atoms with van der Waals surface area (Å²) in [6.07, 6.45) is 1.01. The van der Waals surface area contributed by atoms with Crippen molar-refractivity contribution in [2.75, 3.05) is 24.2 Å². The van der Waals surface area contributed by atoms with Crippen molar-refractivity contribution in [1.82, 2.24) is 10.2 Å². The van der Waals surface area contributed by atoms with E-state index in [-0.39, 0.29) is 29.2 Å². The number of nitrogens with zero attached hydrogens (tertiary/aromatic N) is 2. The van der Waals surface area contributed by atoms with E-state index in [4.69, 9.17) is 16.3 Å². The third kappa shape index (κ3) is 7.36. The van der Waals surface area contributed by atoms with E-state index >= 15 is 0 Å². The fourth-order valence-corrected chi connectivity index (χ4v) is 4.31. The number of methoxy groups -OCH3 is 1. The van der Waals surface area contributed by atoms with Crippen molar-refractivity contribution in [2.24, 2.45) is 0 Å². The summed E-state index contributed by atoms with van der Waals surface area (Å²) in [6, 6.07) is 12.5. The lowest BCUT2D eigenvalue weighted by atomic mass is 10.1. The fraction of sp³-hybridized carbons (Fsp3) is 0.391. The number of nitrogens with one attached hydrogen (secondary N) is 1. The van der Waals surface area contributed by atoms with Crippen LogP contribution in [0.4, 0.5) is 5.69 Å². The predicted octanol–water partition coefficient (Wildman–Crippen LogP) is 3.06. The van der Waals surface area contributed by atoms with Crippen LogP contribution >= 0.6 is 11.6 Å². The minimum absolute atomic E-state index is 0.107. The number of anilines is 1. The largest absolute Gasteiger partial charge is 0.497 e. The number of amides is 2.